The Balaban J connectivity index is 3.66. The summed E-state index contributed by atoms with van der Waals surface area (Å²) in [6.45, 7) is 3.47. The molecular formula is C9H19NO3S. The van der Waals surface area contributed by atoms with Crippen LogP contribution >= 0.6 is 0 Å². The minimum Gasteiger partial charge on any atom is -0.393 e. The van der Waals surface area contributed by atoms with E-state index in [4.69, 9.17) is 5.11 Å². The van der Waals surface area contributed by atoms with E-state index in [1.54, 1.807) is 13.2 Å². The molecule has 4 nitrogen and oxygen atoms in total. The highest BCUT2D eigenvalue weighted by Crippen LogP contribution is 1.96. The molecule has 0 rings (SSSR count). The molecule has 0 aromatic rings. The van der Waals surface area contributed by atoms with E-state index >= 15 is 0 Å². The van der Waals surface area contributed by atoms with Crippen LogP contribution in [0.15, 0.2) is 0 Å². The van der Waals surface area contributed by atoms with Gasteiger partial charge in [-0.25, -0.2) is 0 Å². The van der Waals surface area contributed by atoms with E-state index < -0.39 is 16.9 Å². The van der Waals surface area contributed by atoms with Gasteiger partial charge in [0.1, 0.15) is 0 Å². The van der Waals surface area contributed by atoms with E-state index in [0.717, 1.165) is 0 Å². The van der Waals surface area contributed by atoms with Gasteiger partial charge in [0.25, 0.3) is 0 Å². The normalized spacial score (nSPS) is 17.1. The fourth-order valence-electron chi connectivity index (χ4n) is 1.08. The van der Waals surface area contributed by atoms with Gasteiger partial charge in [-0.05, 0) is 20.3 Å². The molecule has 3 unspecified atom stereocenters. The van der Waals surface area contributed by atoms with E-state index in [1.807, 2.05) is 6.92 Å². The van der Waals surface area contributed by atoms with Crippen LogP contribution in [0, 0.1) is 0 Å². The Hall–Kier alpha value is -0.420. The van der Waals surface area contributed by atoms with Gasteiger partial charge in [-0.15, -0.1) is 0 Å². The van der Waals surface area contributed by atoms with Gasteiger partial charge in [0.2, 0.25) is 5.91 Å². The van der Waals surface area contributed by atoms with Crippen LogP contribution in [0.25, 0.3) is 0 Å². The summed E-state index contributed by atoms with van der Waals surface area (Å²) in [4.78, 5) is 11.2. The van der Waals surface area contributed by atoms with Gasteiger partial charge in [-0.1, -0.05) is 0 Å². The second-order valence-corrected chi connectivity index (χ2v) is 5.08. The maximum Gasteiger partial charge on any atom is 0.220 e. The van der Waals surface area contributed by atoms with Crippen molar-refractivity contribution in [1.82, 2.24) is 5.32 Å². The Kier molecular flexibility index (Phi) is 6.74. The molecule has 0 fully saturated rings. The molecule has 0 aromatic heterocycles. The molecule has 0 radical (unpaired) electrons. The van der Waals surface area contributed by atoms with Crippen molar-refractivity contribution in [3.63, 3.8) is 0 Å². The fourth-order valence-corrected chi connectivity index (χ4v) is 1.87. The molecule has 0 aliphatic carbocycles. The molecule has 0 aliphatic rings. The zero-order valence-corrected chi connectivity index (χ0v) is 9.76. The van der Waals surface area contributed by atoms with Crippen LogP contribution in [-0.4, -0.2) is 39.4 Å². The SMILES string of the molecule is CC(O)CCC(=O)NC(C)CS(C)=O. The third-order valence-corrected chi connectivity index (χ3v) is 2.65. The minimum atomic E-state index is -0.889. The summed E-state index contributed by atoms with van der Waals surface area (Å²) in [7, 11) is -0.889. The molecule has 5 heteroatoms. The summed E-state index contributed by atoms with van der Waals surface area (Å²) in [5.41, 5.74) is 0. The highest BCUT2D eigenvalue weighted by molar-refractivity contribution is 7.84. The smallest absolute Gasteiger partial charge is 0.220 e. The molecule has 14 heavy (non-hydrogen) atoms. The number of carbonyl (C=O) groups is 1. The van der Waals surface area contributed by atoms with Crippen LogP contribution in [0.2, 0.25) is 0 Å². The number of amides is 1. The third kappa shape index (κ3) is 8.19. The predicted molar refractivity (Wildman–Crippen MR) is 57.5 cm³/mol. The average Bonchev–Trinajstić information content (AvgIpc) is 1.98. The van der Waals surface area contributed by atoms with Crippen molar-refractivity contribution < 1.29 is 14.1 Å². The van der Waals surface area contributed by atoms with Crippen molar-refractivity contribution in [3.05, 3.63) is 0 Å². The van der Waals surface area contributed by atoms with Crippen molar-refractivity contribution in [2.75, 3.05) is 12.0 Å². The molecule has 0 aliphatic heterocycles. The Bertz CT molecular complexity index is 206. The molecule has 0 spiro atoms. The molecule has 0 saturated heterocycles. The van der Waals surface area contributed by atoms with Gasteiger partial charge in [0.15, 0.2) is 0 Å². The van der Waals surface area contributed by atoms with Crippen molar-refractivity contribution in [1.29, 1.82) is 0 Å². The number of nitrogens with one attached hydrogen (secondary N) is 1. The van der Waals surface area contributed by atoms with Gasteiger partial charge >= 0.3 is 0 Å². The molecule has 0 bridgehead atoms. The first-order chi connectivity index (χ1) is 6.41. The molecular weight excluding hydrogens is 202 g/mol. The second-order valence-electron chi connectivity index (χ2n) is 3.60. The highest BCUT2D eigenvalue weighted by atomic mass is 32.2. The van der Waals surface area contributed by atoms with E-state index in [-0.39, 0.29) is 11.9 Å². The number of hydrogen-bond acceptors (Lipinski definition) is 3. The van der Waals surface area contributed by atoms with Crippen LogP contribution < -0.4 is 5.32 Å². The average molecular weight is 221 g/mol. The standard InChI is InChI=1S/C9H19NO3S/c1-7(6-14(3)13)10-9(12)5-4-8(2)11/h7-8,11H,4-6H2,1-3H3,(H,10,12). The number of rotatable bonds is 6. The van der Waals surface area contributed by atoms with Gasteiger partial charge in [0, 0.05) is 35.3 Å². The van der Waals surface area contributed by atoms with E-state index in [9.17, 15) is 9.00 Å². The van der Waals surface area contributed by atoms with E-state index in [0.29, 0.717) is 18.6 Å². The summed E-state index contributed by atoms with van der Waals surface area (Å²) in [6.07, 6.45) is 1.95. The van der Waals surface area contributed by atoms with Crippen LogP contribution in [0.4, 0.5) is 0 Å². The zero-order valence-electron chi connectivity index (χ0n) is 8.95. The lowest BCUT2D eigenvalue weighted by Gasteiger charge is -2.12. The molecule has 1 amide bonds. The fraction of sp³-hybridized carbons (Fsp3) is 0.889. The second kappa shape index (κ2) is 6.95. The molecule has 3 atom stereocenters. The molecule has 0 heterocycles. The number of carbonyl (C=O) groups excluding carboxylic acids is 1. The summed E-state index contributed by atoms with van der Waals surface area (Å²) < 4.78 is 10.8. The van der Waals surface area contributed by atoms with Gasteiger partial charge in [0.05, 0.1) is 6.10 Å². The van der Waals surface area contributed by atoms with E-state index in [2.05, 4.69) is 5.32 Å². The number of hydrogen-bond donors (Lipinski definition) is 2. The van der Waals surface area contributed by atoms with Crippen molar-refractivity contribution >= 4 is 16.7 Å². The number of aliphatic hydroxyl groups is 1. The first-order valence-electron chi connectivity index (χ1n) is 4.69. The highest BCUT2D eigenvalue weighted by Gasteiger charge is 2.09. The quantitative estimate of drug-likeness (QED) is 0.665. The lowest BCUT2D eigenvalue weighted by Crippen LogP contribution is -2.36. The van der Waals surface area contributed by atoms with Crippen LogP contribution in [-0.2, 0) is 15.6 Å². The first kappa shape index (κ1) is 13.6. The van der Waals surface area contributed by atoms with Gasteiger partial charge in [-0.3, -0.25) is 9.00 Å². The van der Waals surface area contributed by atoms with Crippen LogP contribution in [0.5, 0.6) is 0 Å². The molecule has 0 saturated carbocycles. The first-order valence-corrected chi connectivity index (χ1v) is 6.42. The maximum atomic E-state index is 11.2. The number of aliphatic hydroxyl groups excluding tert-OH is 1. The Morgan fingerprint density at radius 3 is 2.50 bits per heavy atom. The zero-order chi connectivity index (χ0) is 11.1. The van der Waals surface area contributed by atoms with Crippen molar-refractivity contribution in [2.45, 2.75) is 38.8 Å². The predicted octanol–water partition coefficient (Wildman–Crippen LogP) is 0.0306. The summed E-state index contributed by atoms with van der Waals surface area (Å²) in [5.74, 6) is 0.379. The van der Waals surface area contributed by atoms with E-state index in [1.165, 1.54) is 0 Å². The van der Waals surface area contributed by atoms with Crippen LogP contribution in [0.1, 0.15) is 26.7 Å². The van der Waals surface area contributed by atoms with Gasteiger partial charge < -0.3 is 10.4 Å². The minimum absolute atomic E-state index is 0.0673. The lowest BCUT2D eigenvalue weighted by atomic mass is 10.2. The van der Waals surface area contributed by atoms with Gasteiger partial charge in [-0.2, -0.15) is 0 Å². The molecule has 0 aromatic carbocycles. The Labute approximate surface area is 87.5 Å². The molecule has 84 valence electrons. The molecule has 2 N–H and O–H groups in total. The van der Waals surface area contributed by atoms with Crippen molar-refractivity contribution in [2.24, 2.45) is 0 Å². The summed E-state index contributed by atoms with van der Waals surface area (Å²) >= 11 is 0. The largest absolute Gasteiger partial charge is 0.393 e. The van der Waals surface area contributed by atoms with Crippen molar-refractivity contribution in [3.8, 4) is 0 Å². The summed E-state index contributed by atoms with van der Waals surface area (Å²) in [5, 5.41) is 11.7. The lowest BCUT2D eigenvalue weighted by molar-refractivity contribution is -0.122. The maximum absolute atomic E-state index is 11.2. The summed E-state index contributed by atoms with van der Waals surface area (Å²) in [6, 6.07) is -0.0673. The monoisotopic (exact) mass is 221 g/mol. The Morgan fingerprint density at radius 2 is 2.07 bits per heavy atom. The Morgan fingerprint density at radius 1 is 1.50 bits per heavy atom. The third-order valence-electron chi connectivity index (χ3n) is 1.68. The topological polar surface area (TPSA) is 66.4 Å². The van der Waals surface area contributed by atoms with Crippen LogP contribution in [0.3, 0.4) is 0 Å².